The Labute approximate surface area is 95.0 Å². The Balaban J connectivity index is 2.17. The van der Waals surface area contributed by atoms with Crippen molar-refractivity contribution in [1.29, 1.82) is 0 Å². The molecule has 2 N–H and O–H groups in total. The van der Waals surface area contributed by atoms with Crippen LogP contribution in [0.5, 0.6) is 0 Å². The van der Waals surface area contributed by atoms with E-state index in [9.17, 15) is 5.11 Å². The summed E-state index contributed by atoms with van der Waals surface area (Å²) in [5, 5.41) is 20.8. The highest BCUT2D eigenvalue weighted by molar-refractivity contribution is 7.99. The topological polar surface area (TPSA) is 66.2 Å². The molecule has 2 heterocycles. The van der Waals surface area contributed by atoms with Crippen LogP contribution in [0.25, 0.3) is 10.2 Å². The van der Waals surface area contributed by atoms with Crippen molar-refractivity contribution in [2.75, 3.05) is 12.4 Å². The predicted molar refractivity (Wildman–Crippen MR) is 61.2 cm³/mol. The minimum Gasteiger partial charge on any atom is -0.394 e. The molecule has 15 heavy (non-hydrogen) atoms. The maximum Gasteiger partial charge on any atom is 0.117 e. The first-order valence-corrected chi connectivity index (χ1v) is 6.27. The number of hydrogen-bond donors (Lipinski definition) is 2. The van der Waals surface area contributed by atoms with Crippen LogP contribution in [0.2, 0.25) is 0 Å². The van der Waals surface area contributed by atoms with Crippen molar-refractivity contribution < 1.29 is 10.2 Å². The van der Waals surface area contributed by atoms with Gasteiger partial charge in [0.2, 0.25) is 0 Å². The molecule has 0 bridgehead atoms. The first kappa shape index (κ1) is 10.8. The van der Waals surface area contributed by atoms with E-state index in [1.807, 2.05) is 11.4 Å². The van der Waals surface area contributed by atoms with Crippen LogP contribution in [0, 0.1) is 0 Å². The fraction of sp³-hybridized carbons (Fsp3) is 0.333. The number of nitrogens with zero attached hydrogens (tertiary/aromatic N) is 2. The summed E-state index contributed by atoms with van der Waals surface area (Å²) in [5.41, 5.74) is 0.927. The summed E-state index contributed by atoms with van der Waals surface area (Å²) in [6.45, 7) is -0.217. The third-order valence-electron chi connectivity index (χ3n) is 1.83. The molecule has 0 aliphatic carbocycles. The van der Waals surface area contributed by atoms with E-state index in [0.29, 0.717) is 5.75 Å². The molecular weight excluding hydrogens is 232 g/mol. The van der Waals surface area contributed by atoms with Crippen molar-refractivity contribution in [3.8, 4) is 0 Å². The number of aromatic nitrogens is 2. The van der Waals surface area contributed by atoms with Crippen LogP contribution in [-0.4, -0.2) is 38.6 Å². The Bertz CT molecular complexity index is 446. The van der Waals surface area contributed by atoms with E-state index in [-0.39, 0.29) is 6.61 Å². The molecule has 0 aliphatic heterocycles. The van der Waals surface area contributed by atoms with Crippen LogP contribution in [0.3, 0.4) is 0 Å². The van der Waals surface area contributed by atoms with Crippen LogP contribution in [0.1, 0.15) is 0 Å². The molecule has 2 aromatic heterocycles. The fourth-order valence-corrected chi connectivity index (χ4v) is 2.96. The molecule has 6 heteroatoms. The summed E-state index contributed by atoms with van der Waals surface area (Å²) in [5.74, 6) is 0.445. The van der Waals surface area contributed by atoms with Gasteiger partial charge in [0, 0.05) is 5.75 Å². The monoisotopic (exact) mass is 242 g/mol. The van der Waals surface area contributed by atoms with Gasteiger partial charge in [0.1, 0.15) is 11.4 Å². The molecule has 4 nitrogen and oxygen atoms in total. The first-order chi connectivity index (χ1) is 7.31. The summed E-state index contributed by atoms with van der Waals surface area (Å²) >= 11 is 3.02. The van der Waals surface area contributed by atoms with Crippen LogP contribution >= 0.6 is 23.1 Å². The fourth-order valence-electron chi connectivity index (χ4n) is 1.10. The van der Waals surface area contributed by atoms with E-state index in [2.05, 4.69) is 9.97 Å². The minimum absolute atomic E-state index is 0.217. The number of thioether (sulfide) groups is 1. The highest BCUT2D eigenvalue weighted by atomic mass is 32.2. The van der Waals surface area contributed by atoms with Gasteiger partial charge in [-0.1, -0.05) is 0 Å². The maximum atomic E-state index is 9.23. The maximum absolute atomic E-state index is 9.23. The molecule has 1 atom stereocenters. The summed E-state index contributed by atoms with van der Waals surface area (Å²) in [6, 6.07) is 1.94. The quantitative estimate of drug-likeness (QED) is 0.621. The predicted octanol–water partition coefficient (Wildman–Crippen LogP) is 1.14. The van der Waals surface area contributed by atoms with E-state index in [4.69, 9.17) is 5.11 Å². The second kappa shape index (κ2) is 4.89. The smallest absolute Gasteiger partial charge is 0.117 e. The average Bonchev–Trinajstić information content (AvgIpc) is 2.74. The molecule has 2 aromatic rings. The zero-order chi connectivity index (χ0) is 10.7. The van der Waals surface area contributed by atoms with Crippen molar-refractivity contribution in [3.63, 3.8) is 0 Å². The van der Waals surface area contributed by atoms with E-state index >= 15 is 0 Å². The van der Waals surface area contributed by atoms with Crippen LogP contribution in [-0.2, 0) is 0 Å². The molecule has 0 saturated heterocycles. The van der Waals surface area contributed by atoms with E-state index in [1.165, 1.54) is 18.1 Å². The van der Waals surface area contributed by atoms with Crippen LogP contribution in [0.15, 0.2) is 22.8 Å². The molecule has 2 rings (SSSR count). The Kier molecular flexibility index (Phi) is 3.53. The normalized spacial score (nSPS) is 13.2. The summed E-state index contributed by atoms with van der Waals surface area (Å²) in [6.07, 6.45) is 0.822. The van der Waals surface area contributed by atoms with Crippen molar-refractivity contribution in [3.05, 3.63) is 17.8 Å². The van der Waals surface area contributed by atoms with Gasteiger partial charge in [-0.25, -0.2) is 9.97 Å². The molecule has 0 radical (unpaired) electrons. The SMILES string of the molecule is OCC(O)CSc1ncnc2ccsc12. The number of rotatable bonds is 4. The lowest BCUT2D eigenvalue weighted by Gasteiger charge is -2.05. The summed E-state index contributed by atoms with van der Waals surface area (Å²) < 4.78 is 1.03. The van der Waals surface area contributed by atoms with E-state index in [1.54, 1.807) is 11.3 Å². The zero-order valence-electron chi connectivity index (χ0n) is 7.83. The molecular formula is C9H10N2O2S2. The van der Waals surface area contributed by atoms with E-state index in [0.717, 1.165) is 15.2 Å². The standard InChI is InChI=1S/C9H10N2O2S2/c12-3-6(13)4-15-9-8-7(1-2-14-8)10-5-11-9/h1-2,5-6,12-13H,3-4H2. The van der Waals surface area contributed by atoms with Gasteiger partial charge in [0.15, 0.2) is 0 Å². The lowest BCUT2D eigenvalue weighted by atomic mass is 10.4. The Morgan fingerprint density at radius 3 is 3.13 bits per heavy atom. The van der Waals surface area contributed by atoms with Crippen molar-refractivity contribution in [2.24, 2.45) is 0 Å². The lowest BCUT2D eigenvalue weighted by Crippen LogP contribution is -2.14. The van der Waals surface area contributed by atoms with E-state index < -0.39 is 6.10 Å². The third-order valence-corrected chi connectivity index (χ3v) is 4.01. The zero-order valence-corrected chi connectivity index (χ0v) is 9.46. The molecule has 0 saturated carbocycles. The van der Waals surface area contributed by atoms with Crippen molar-refractivity contribution in [1.82, 2.24) is 9.97 Å². The van der Waals surface area contributed by atoms with Gasteiger partial charge in [-0.05, 0) is 11.4 Å². The number of hydrogen-bond acceptors (Lipinski definition) is 6. The molecule has 1 unspecified atom stereocenters. The highest BCUT2D eigenvalue weighted by Crippen LogP contribution is 2.28. The van der Waals surface area contributed by atoms with Gasteiger partial charge in [0.25, 0.3) is 0 Å². The minimum atomic E-state index is -0.694. The van der Waals surface area contributed by atoms with Gasteiger partial charge >= 0.3 is 0 Å². The van der Waals surface area contributed by atoms with Crippen LogP contribution < -0.4 is 0 Å². The molecule has 0 spiro atoms. The molecule has 80 valence electrons. The third kappa shape index (κ3) is 2.46. The number of thiophene rings is 1. The molecule has 0 aromatic carbocycles. The highest BCUT2D eigenvalue weighted by Gasteiger charge is 2.08. The summed E-state index contributed by atoms with van der Waals surface area (Å²) in [4.78, 5) is 8.28. The molecule has 0 aliphatic rings. The second-order valence-corrected chi connectivity index (χ2v) is 4.89. The Morgan fingerprint density at radius 2 is 2.33 bits per heavy atom. The Morgan fingerprint density at radius 1 is 1.47 bits per heavy atom. The van der Waals surface area contributed by atoms with Crippen molar-refractivity contribution in [2.45, 2.75) is 11.1 Å². The van der Waals surface area contributed by atoms with Gasteiger partial charge in [0.05, 0.1) is 22.9 Å². The van der Waals surface area contributed by atoms with Gasteiger partial charge in [-0.3, -0.25) is 0 Å². The second-order valence-electron chi connectivity index (χ2n) is 2.96. The number of aliphatic hydroxyl groups is 2. The molecule has 0 fully saturated rings. The largest absolute Gasteiger partial charge is 0.394 e. The van der Waals surface area contributed by atoms with Crippen molar-refractivity contribution >= 4 is 33.3 Å². The van der Waals surface area contributed by atoms with Gasteiger partial charge in [-0.2, -0.15) is 0 Å². The van der Waals surface area contributed by atoms with Crippen LogP contribution in [0.4, 0.5) is 0 Å². The van der Waals surface area contributed by atoms with Gasteiger partial charge in [-0.15, -0.1) is 23.1 Å². The summed E-state index contributed by atoms with van der Waals surface area (Å²) in [7, 11) is 0. The lowest BCUT2D eigenvalue weighted by molar-refractivity contribution is 0.113. The Hall–Kier alpha value is -0.690. The van der Waals surface area contributed by atoms with Gasteiger partial charge < -0.3 is 10.2 Å². The number of fused-ring (bicyclic) bond motifs is 1. The first-order valence-electron chi connectivity index (χ1n) is 4.41. The molecule has 0 amide bonds. The number of aliphatic hydroxyl groups excluding tert-OH is 2. The average molecular weight is 242 g/mol.